The van der Waals surface area contributed by atoms with Crippen molar-refractivity contribution in [2.24, 2.45) is 16.1 Å². The number of nitrogens with two attached hydrogens (primary N) is 1. The van der Waals surface area contributed by atoms with E-state index in [1.165, 1.54) is 6.20 Å². The number of nitrogens with zero attached hydrogens (tertiary/aromatic N) is 5. The Kier molecular flexibility index (Phi) is 5.42. The predicted octanol–water partition coefficient (Wildman–Crippen LogP) is 4.29. The van der Waals surface area contributed by atoms with Crippen LogP contribution in [0.4, 0.5) is 5.69 Å². The predicted molar refractivity (Wildman–Crippen MR) is 119 cm³/mol. The van der Waals surface area contributed by atoms with Crippen molar-refractivity contribution >= 4 is 40.1 Å². The van der Waals surface area contributed by atoms with Gasteiger partial charge in [-0.05, 0) is 43.3 Å². The summed E-state index contributed by atoms with van der Waals surface area (Å²) in [5.41, 5.74) is 10.5. The molecule has 0 aliphatic rings. The van der Waals surface area contributed by atoms with Crippen molar-refractivity contribution in [2.75, 3.05) is 5.32 Å². The number of amides is 1. The van der Waals surface area contributed by atoms with E-state index >= 15 is 0 Å². The molecule has 2 heterocycles. The van der Waals surface area contributed by atoms with Crippen molar-refractivity contribution < 1.29 is 4.79 Å². The molecule has 2 aromatic heterocycles. The molecule has 0 aliphatic carbocycles. The fourth-order valence-electron chi connectivity index (χ4n) is 3.18. The molecular weight excluding hydrogens is 416 g/mol. The van der Waals surface area contributed by atoms with Crippen LogP contribution >= 0.6 is 11.6 Å². The highest BCUT2D eigenvalue weighted by Crippen LogP contribution is 2.30. The zero-order valence-electron chi connectivity index (χ0n) is 16.4. The Morgan fingerprint density at radius 1 is 1.16 bits per heavy atom. The Bertz CT molecular complexity index is 1310. The van der Waals surface area contributed by atoms with Gasteiger partial charge in [-0.3, -0.25) is 4.79 Å². The molecule has 4 rings (SSSR count). The van der Waals surface area contributed by atoms with Gasteiger partial charge in [-0.25, -0.2) is 15.2 Å². The van der Waals surface area contributed by atoms with Gasteiger partial charge in [-0.1, -0.05) is 29.8 Å². The molecule has 2 aromatic carbocycles. The standard InChI is InChI=1S/C21H17ClN8O/c1-12-17-18(22)16(11-25-20(17)30(29-12)15-5-3-2-4-6-15)21(31)26-14-9-7-13(8-10-14)19(27-23)28-24/h2-11,23H,24H2,1H3,(H,26,31)/b27-23?,28-19-. The molecule has 0 unspecified atom stereocenters. The van der Waals surface area contributed by atoms with E-state index in [1.54, 1.807) is 28.9 Å². The molecule has 0 atom stereocenters. The Balaban J connectivity index is 1.65. The summed E-state index contributed by atoms with van der Waals surface area (Å²) in [6.07, 6.45) is 1.44. The van der Waals surface area contributed by atoms with Crippen molar-refractivity contribution in [1.29, 1.82) is 5.53 Å². The van der Waals surface area contributed by atoms with Gasteiger partial charge < -0.3 is 11.2 Å². The molecule has 0 radical (unpaired) electrons. The number of hydrazone groups is 1. The molecule has 1 amide bonds. The number of pyridine rings is 1. The van der Waals surface area contributed by atoms with Crippen LogP contribution < -0.4 is 11.2 Å². The number of carbonyl (C=O) groups is 1. The third-order valence-electron chi connectivity index (χ3n) is 4.68. The number of carbonyl (C=O) groups excluding carboxylic acids is 1. The van der Waals surface area contributed by atoms with Crippen molar-refractivity contribution in [2.45, 2.75) is 6.92 Å². The van der Waals surface area contributed by atoms with Crippen LogP contribution in [0.1, 0.15) is 21.6 Å². The fourth-order valence-corrected chi connectivity index (χ4v) is 3.54. The number of aryl methyl sites for hydroxylation is 1. The SMILES string of the molecule is Cc1nn(-c2ccccc2)c2ncc(C(=O)Nc3ccc(/C(N=N)=N/N)cc3)c(Cl)c12. The van der Waals surface area contributed by atoms with E-state index in [2.05, 4.69) is 25.6 Å². The highest BCUT2D eigenvalue weighted by molar-refractivity contribution is 6.39. The normalized spacial score (nSPS) is 11.5. The lowest BCUT2D eigenvalue weighted by Gasteiger charge is -2.08. The summed E-state index contributed by atoms with van der Waals surface area (Å²) in [4.78, 5) is 17.3. The van der Waals surface area contributed by atoms with E-state index in [0.717, 1.165) is 5.69 Å². The largest absolute Gasteiger partial charge is 0.322 e. The number of hydrogen-bond acceptors (Lipinski definition) is 6. The lowest BCUT2D eigenvalue weighted by Crippen LogP contribution is -2.13. The van der Waals surface area contributed by atoms with Crippen molar-refractivity contribution in [1.82, 2.24) is 14.8 Å². The van der Waals surface area contributed by atoms with Crippen LogP contribution in [-0.2, 0) is 0 Å². The van der Waals surface area contributed by atoms with Crippen LogP contribution in [0.15, 0.2) is 71.0 Å². The van der Waals surface area contributed by atoms with Crippen molar-refractivity contribution in [3.05, 3.63) is 82.6 Å². The summed E-state index contributed by atoms with van der Waals surface area (Å²) in [6, 6.07) is 16.2. The van der Waals surface area contributed by atoms with Crippen molar-refractivity contribution in [3.8, 4) is 5.69 Å². The van der Waals surface area contributed by atoms with E-state index < -0.39 is 5.91 Å². The van der Waals surface area contributed by atoms with Crippen LogP contribution in [0.5, 0.6) is 0 Å². The van der Waals surface area contributed by atoms with Gasteiger partial charge in [0.05, 0.1) is 27.4 Å². The number of nitrogens with one attached hydrogen (secondary N) is 2. The molecule has 4 N–H and O–H groups in total. The van der Waals surface area contributed by atoms with Crippen LogP contribution in [0, 0.1) is 12.5 Å². The molecule has 0 saturated heterocycles. The van der Waals surface area contributed by atoms with Crippen LogP contribution in [0.25, 0.3) is 16.7 Å². The first-order chi connectivity index (χ1) is 15.0. The minimum atomic E-state index is -0.406. The molecule has 31 heavy (non-hydrogen) atoms. The Hall–Kier alpha value is -4.11. The van der Waals surface area contributed by atoms with E-state index in [1.807, 2.05) is 37.3 Å². The van der Waals surface area contributed by atoms with E-state index in [4.69, 9.17) is 23.0 Å². The van der Waals surface area contributed by atoms with Gasteiger partial charge in [-0.15, -0.1) is 5.11 Å². The molecule has 0 spiro atoms. The fraction of sp³-hybridized carbons (Fsp3) is 0.0476. The maximum absolute atomic E-state index is 12.8. The quantitative estimate of drug-likeness (QED) is 0.146. The van der Waals surface area contributed by atoms with Gasteiger partial charge in [0.25, 0.3) is 5.91 Å². The van der Waals surface area contributed by atoms with E-state index in [-0.39, 0.29) is 16.4 Å². The average molecular weight is 433 g/mol. The van der Waals surface area contributed by atoms with Crippen LogP contribution in [-0.4, -0.2) is 26.5 Å². The summed E-state index contributed by atoms with van der Waals surface area (Å²) in [5, 5.41) is 14.9. The summed E-state index contributed by atoms with van der Waals surface area (Å²) < 4.78 is 1.70. The number of aromatic nitrogens is 3. The second kappa shape index (κ2) is 8.33. The Labute approximate surface area is 182 Å². The summed E-state index contributed by atoms with van der Waals surface area (Å²) in [6.45, 7) is 1.82. The third-order valence-corrected chi connectivity index (χ3v) is 5.08. The molecule has 10 heteroatoms. The number of hydrogen-bond donors (Lipinski definition) is 3. The number of amidine groups is 1. The molecule has 0 fully saturated rings. The lowest BCUT2D eigenvalue weighted by molar-refractivity contribution is 0.102. The number of halogens is 1. The zero-order chi connectivity index (χ0) is 22.0. The summed E-state index contributed by atoms with van der Waals surface area (Å²) >= 11 is 6.60. The van der Waals surface area contributed by atoms with Crippen LogP contribution in [0.2, 0.25) is 5.02 Å². The number of anilines is 1. The Morgan fingerprint density at radius 2 is 1.87 bits per heavy atom. The maximum Gasteiger partial charge on any atom is 0.258 e. The molecule has 9 nitrogen and oxygen atoms in total. The molecular formula is C21H17ClN8O. The average Bonchev–Trinajstić information content (AvgIpc) is 3.14. The van der Waals surface area contributed by atoms with E-state index in [9.17, 15) is 4.79 Å². The van der Waals surface area contributed by atoms with Gasteiger partial charge >= 0.3 is 0 Å². The molecule has 0 saturated carbocycles. The first-order valence-electron chi connectivity index (χ1n) is 9.20. The first-order valence-corrected chi connectivity index (χ1v) is 9.57. The minimum absolute atomic E-state index is 0.0847. The number of para-hydroxylation sites is 1. The van der Waals surface area contributed by atoms with Gasteiger partial charge in [0.2, 0.25) is 0 Å². The molecule has 0 bridgehead atoms. The third kappa shape index (κ3) is 3.74. The smallest absolute Gasteiger partial charge is 0.258 e. The van der Waals surface area contributed by atoms with Gasteiger partial charge in [0.1, 0.15) is 0 Å². The number of benzene rings is 2. The molecule has 4 aromatic rings. The van der Waals surface area contributed by atoms with Crippen molar-refractivity contribution in [3.63, 3.8) is 0 Å². The summed E-state index contributed by atoms with van der Waals surface area (Å²) in [5.74, 6) is 4.88. The zero-order valence-corrected chi connectivity index (χ0v) is 17.1. The highest BCUT2D eigenvalue weighted by atomic mass is 35.5. The van der Waals surface area contributed by atoms with Gasteiger partial charge in [-0.2, -0.15) is 10.2 Å². The number of fused-ring (bicyclic) bond motifs is 1. The monoisotopic (exact) mass is 432 g/mol. The van der Waals surface area contributed by atoms with Gasteiger partial charge in [0.15, 0.2) is 11.5 Å². The first kappa shape index (κ1) is 20.2. The lowest BCUT2D eigenvalue weighted by atomic mass is 10.1. The van der Waals surface area contributed by atoms with Gasteiger partial charge in [0, 0.05) is 17.4 Å². The molecule has 154 valence electrons. The number of rotatable bonds is 4. The molecule has 0 aliphatic heterocycles. The topological polar surface area (TPSA) is 134 Å². The summed E-state index contributed by atoms with van der Waals surface area (Å²) in [7, 11) is 0. The van der Waals surface area contributed by atoms with E-state index in [0.29, 0.717) is 28.0 Å². The second-order valence-corrected chi connectivity index (χ2v) is 6.99. The highest BCUT2D eigenvalue weighted by Gasteiger charge is 2.20. The Morgan fingerprint density at radius 3 is 2.52 bits per heavy atom. The second-order valence-electron chi connectivity index (χ2n) is 6.61. The van der Waals surface area contributed by atoms with Crippen LogP contribution in [0.3, 0.4) is 0 Å². The minimum Gasteiger partial charge on any atom is -0.322 e. The maximum atomic E-state index is 12.8.